The van der Waals surface area contributed by atoms with Gasteiger partial charge in [-0.15, -0.1) is 0 Å². The van der Waals surface area contributed by atoms with Crippen LogP contribution < -0.4 is 0 Å². The second kappa shape index (κ2) is 6.50. The fourth-order valence-corrected chi connectivity index (χ4v) is 2.97. The molecule has 18 heavy (non-hydrogen) atoms. The maximum Gasteiger partial charge on any atom is 0.0682 e. The number of aliphatic hydroxyl groups excluding tert-OH is 1. The summed E-state index contributed by atoms with van der Waals surface area (Å²) in [6.45, 7) is 3.20. The molecule has 0 aromatic heterocycles. The van der Waals surface area contributed by atoms with Gasteiger partial charge in [-0.2, -0.15) is 0 Å². The summed E-state index contributed by atoms with van der Waals surface area (Å²) in [5.41, 5.74) is -0.633. The van der Waals surface area contributed by atoms with Crippen LogP contribution >= 0.6 is 0 Å². The van der Waals surface area contributed by atoms with Gasteiger partial charge in [0.25, 0.3) is 0 Å². The first kappa shape index (κ1) is 13.8. The molecule has 0 bridgehead atoms. The molecule has 1 aliphatic heterocycles. The molecule has 0 spiro atoms. The predicted octanol–water partition coefficient (Wildman–Crippen LogP) is 1.72. The molecule has 1 fully saturated rings. The maximum atomic E-state index is 10.4. The summed E-state index contributed by atoms with van der Waals surface area (Å²) in [7, 11) is 0. The quantitative estimate of drug-likeness (QED) is 0.799. The van der Waals surface area contributed by atoms with Crippen LogP contribution in [-0.2, 0) is 0 Å². The zero-order valence-electron chi connectivity index (χ0n) is 11.1. The Morgan fingerprint density at radius 2 is 2.11 bits per heavy atom. The van der Waals surface area contributed by atoms with Gasteiger partial charge in [0.2, 0.25) is 0 Å². The largest absolute Gasteiger partial charge is 0.396 e. The number of hydrogen-bond acceptors (Lipinski definition) is 3. The molecule has 2 N–H and O–H groups in total. The van der Waals surface area contributed by atoms with Gasteiger partial charge >= 0.3 is 0 Å². The highest BCUT2D eigenvalue weighted by Gasteiger charge is 2.29. The average molecular weight is 251 g/mol. The van der Waals surface area contributed by atoms with Gasteiger partial charge in [0, 0.05) is 19.7 Å². The van der Waals surface area contributed by atoms with Crippen LogP contribution in [0.15, 0.2) is 24.3 Å². The van der Waals surface area contributed by atoms with Crippen LogP contribution in [0.3, 0.4) is 0 Å². The minimum absolute atomic E-state index is 0.0899. The standard InChI is InChI=1S/C15H25NO2/c17-12-9-15(18)7-4-10-16(11-8-15)13-14-5-2-1-3-6-14/h1-3,5,14,17-18H,4,6-13H2. The van der Waals surface area contributed by atoms with Gasteiger partial charge in [-0.1, -0.05) is 24.3 Å². The van der Waals surface area contributed by atoms with E-state index in [1.54, 1.807) is 0 Å². The lowest BCUT2D eigenvalue weighted by Gasteiger charge is -2.27. The molecule has 3 heteroatoms. The highest BCUT2D eigenvalue weighted by atomic mass is 16.3. The van der Waals surface area contributed by atoms with Crippen LogP contribution in [0.1, 0.15) is 32.1 Å². The van der Waals surface area contributed by atoms with E-state index in [-0.39, 0.29) is 6.61 Å². The number of allylic oxidation sites excluding steroid dienone is 3. The third kappa shape index (κ3) is 3.94. The fraction of sp³-hybridized carbons (Fsp3) is 0.733. The topological polar surface area (TPSA) is 43.7 Å². The van der Waals surface area contributed by atoms with Crippen LogP contribution in [0.5, 0.6) is 0 Å². The average Bonchev–Trinajstić information content (AvgIpc) is 2.54. The molecule has 0 saturated carbocycles. The first-order valence-electron chi connectivity index (χ1n) is 7.11. The van der Waals surface area contributed by atoms with E-state index in [2.05, 4.69) is 29.2 Å². The van der Waals surface area contributed by atoms with E-state index < -0.39 is 5.60 Å². The Bertz CT molecular complexity index is 314. The summed E-state index contributed by atoms with van der Waals surface area (Å²) in [4.78, 5) is 2.46. The van der Waals surface area contributed by atoms with Crippen LogP contribution in [0.2, 0.25) is 0 Å². The highest BCUT2D eigenvalue weighted by molar-refractivity contribution is 5.11. The predicted molar refractivity (Wildman–Crippen MR) is 73.3 cm³/mol. The molecule has 2 rings (SSSR count). The van der Waals surface area contributed by atoms with Gasteiger partial charge in [0.15, 0.2) is 0 Å². The molecule has 2 atom stereocenters. The summed E-state index contributed by atoms with van der Waals surface area (Å²) in [5, 5.41) is 19.4. The molecule has 3 nitrogen and oxygen atoms in total. The van der Waals surface area contributed by atoms with Crippen LogP contribution in [0.25, 0.3) is 0 Å². The summed E-state index contributed by atoms with van der Waals surface area (Å²) >= 11 is 0. The van der Waals surface area contributed by atoms with Gasteiger partial charge in [-0.25, -0.2) is 0 Å². The van der Waals surface area contributed by atoms with Crippen molar-refractivity contribution in [2.45, 2.75) is 37.7 Å². The van der Waals surface area contributed by atoms with Gasteiger partial charge in [-0.3, -0.25) is 0 Å². The molecular weight excluding hydrogens is 226 g/mol. The molecule has 1 aliphatic carbocycles. The lowest BCUT2D eigenvalue weighted by Crippen LogP contribution is -2.34. The van der Waals surface area contributed by atoms with E-state index >= 15 is 0 Å². The molecule has 0 aromatic rings. The molecule has 1 saturated heterocycles. The van der Waals surface area contributed by atoms with Crippen molar-refractivity contribution in [3.8, 4) is 0 Å². The van der Waals surface area contributed by atoms with Crippen molar-refractivity contribution in [2.75, 3.05) is 26.2 Å². The fourth-order valence-electron chi connectivity index (χ4n) is 2.97. The Morgan fingerprint density at radius 3 is 2.83 bits per heavy atom. The zero-order chi connectivity index (χ0) is 12.8. The monoisotopic (exact) mass is 251 g/mol. The first-order valence-corrected chi connectivity index (χ1v) is 7.11. The van der Waals surface area contributed by atoms with Gasteiger partial charge < -0.3 is 15.1 Å². The molecule has 0 aromatic carbocycles. The minimum atomic E-state index is -0.633. The maximum absolute atomic E-state index is 10.4. The van der Waals surface area contributed by atoms with Crippen molar-refractivity contribution >= 4 is 0 Å². The van der Waals surface area contributed by atoms with Crippen LogP contribution in [-0.4, -0.2) is 47.0 Å². The molecule has 2 aliphatic rings. The number of nitrogens with zero attached hydrogens (tertiary/aromatic N) is 1. The van der Waals surface area contributed by atoms with Crippen LogP contribution in [0, 0.1) is 5.92 Å². The summed E-state index contributed by atoms with van der Waals surface area (Å²) < 4.78 is 0. The summed E-state index contributed by atoms with van der Waals surface area (Å²) in [5.74, 6) is 0.624. The zero-order valence-corrected chi connectivity index (χ0v) is 11.1. The smallest absolute Gasteiger partial charge is 0.0682 e. The van der Waals surface area contributed by atoms with E-state index in [9.17, 15) is 5.11 Å². The van der Waals surface area contributed by atoms with Crippen LogP contribution in [0.4, 0.5) is 0 Å². The third-order valence-electron chi connectivity index (χ3n) is 4.15. The van der Waals surface area contributed by atoms with E-state index in [0.717, 1.165) is 45.3 Å². The van der Waals surface area contributed by atoms with Gasteiger partial charge in [-0.05, 0) is 44.6 Å². The van der Waals surface area contributed by atoms with E-state index in [4.69, 9.17) is 5.11 Å². The lowest BCUT2D eigenvalue weighted by atomic mass is 9.92. The Kier molecular flexibility index (Phi) is 4.98. The van der Waals surface area contributed by atoms with E-state index in [1.165, 1.54) is 0 Å². The molecular formula is C15H25NO2. The molecule has 0 amide bonds. The van der Waals surface area contributed by atoms with Crippen molar-refractivity contribution in [3.05, 3.63) is 24.3 Å². The van der Waals surface area contributed by atoms with Crippen molar-refractivity contribution in [3.63, 3.8) is 0 Å². The van der Waals surface area contributed by atoms with Crippen molar-refractivity contribution < 1.29 is 10.2 Å². The van der Waals surface area contributed by atoms with Crippen molar-refractivity contribution in [1.82, 2.24) is 4.90 Å². The molecule has 102 valence electrons. The Hall–Kier alpha value is -0.640. The first-order chi connectivity index (χ1) is 8.72. The Labute approximate surface area is 110 Å². The minimum Gasteiger partial charge on any atom is -0.396 e. The summed E-state index contributed by atoms with van der Waals surface area (Å²) in [6, 6.07) is 0. The Balaban J connectivity index is 1.81. The second-order valence-electron chi connectivity index (χ2n) is 5.66. The molecule has 2 unspecified atom stereocenters. The van der Waals surface area contributed by atoms with E-state index in [1.807, 2.05) is 0 Å². The second-order valence-corrected chi connectivity index (χ2v) is 5.66. The van der Waals surface area contributed by atoms with Crippen molar-refractivity contribution in [2.24, 2.45) is 5.92 Å². The molecule has 0 radical (unpaired) electrons. The number of likely N-dealkylation sites (tertiary alicyclic amines) is 1. The Morgan fingerprint density at radius 1 is 1.22 bits per heavy atom. The number of aliphatic hydroxyl groups is 2. The van der Waals surface area contributed by atoms with E-state index in [0.29, 0.717) is 12.3 Å². The highest BCUT2D eigenvalue weighted by Crippen LogP contribution is 2.26. The number of rotatable bonds is 4. The number of hydrogen-bond donors (Lipinski definition) is 2. The SMILES string of the molecule is OCCC1(O)CCCN(CC2C=CC=CC2)CC1. The van der Waals surface area contributed by atoms with Gasteiger partial charge in [0.1, 0.15) is 0 Å². The van der Waals surface area contributed by atoms with Crippen molar-refractivity contribution in [1.29, 1.82) is 0 Å². The van der Waals surface area contributed by atoms with Gasteiger partial charge in [0.05, 0.1) is 5.60 Å². The lowest BCUT2D eigenvalue weighted by molar-refractivity contribution is 0.00260. The third-order valence-corrected chi connectivity index (χ3v) is 4.15. The summed E-state index contributed by atoms with van der Waals surface area (Å²) in [6.07, 6.45) is 13.1. The normalized spacial score (nSPS) is 33.6. The molecule has 1 heterocycles.